The van der Waals surface area contributed by atoms with E-state index in [1.165, 1.54) is 114 Å². The third-order valence-corrected chi connectivity index (χ3v) is 11.5. The van der Waals surface area contributed by atoms with Crippen LogP contribution in [0.1, 0.15) is 185 Å². The van der Waals surface area contributed by atoms with Crippen molar-refractivity contribution in [2.24, 2.45) is 11.8 Å². The number of benzene rings is 2. The largest absolute Gasteiger partial charge is 0.467 e. The van der Waals surface area contributed by atoms with Crippen LogP contribution in [0.15, 0.2) is 48.5 Å². The van der Waals surface area contributed by atoms with E-state index < -0.39 is 5.79 Å². The molecule has 0 unspecified atom stereocenters. The van der Waals surface area contributed by atoms with E-state index in [2.05, 4.69) is 50.2 Å². The van der Waals surface area contributed by atoms with Gasteiger partial charge in [0.1, 0.15) is 5.75 Å². The van der Waals surface area contributed by atoms with Gasteiger partial charge in [-0.15, -0.1) is 0 Å². The van der Waals surface area contributed by atoms with Gasteiger partial charge in [0, 0.05) is 15.7 Å². The van der Waals surface area contributed by atoms with Crippen LogP contribution >= 0.6 is 0 Å². The highest BCUT2D eigenvalue weighted by Gasteiger charge is 2.38. The van der Waals surface area contributed by atoms with Crippen LogP contribution in [0, 0.1) is 11.8 Å². The highest BCUT2D eigenvalue weighted by molar-refractivity contribution is 5.89. The van der Waals surface area contributed by atoms with E-state index in [1.54, 1.807) is 0 Å². The van der Waals surface area contributed by atoms with Gasteiger partial charge in [0.2, 0.25) is 5.79 Å². The van der Waals surface area contributed by atoms with E-state index in [0.717, 1.165) is 36.8 Å². The second-order valence-electron chi connectivity index (χ2n) is 14.9. The zero-order chi connectivity index (χ0) is 32.0. The number of ether oxygens (including phenoxy) is 3. The molecule has 0 saturated heterocycles. The Bertz CT molecular complexity index is 1150. The molecule has 2 aromatic carbocycles. The maximum Gasteiger partial charge on any atom is 0.340 e. The van der Waals surface area contributed by atoms with Gasteiger partial charge < -0.3 is 14.2 Å². The molecule has 0 bridgehead atoms. The van der Waals surface area contributed by atoms with Gasteiger partial charge in [0.25, 0.3) is 0 Å². The highest BCUT2D eigenvalue weighted by Crippen LogP contribution is 2.40. The van der Waals surface area contributed by atoms with Gasteiger partial charge in [-0.3, -0.25) is 0 Å². The summed E-state index contributed by atoms with van der Waals surface area (Å²) >= 11 is 0. The fraction of sp³-hybridized carbons (Fsp3) is 0.690. The van der Waals surface area contributed by atoms with Crippen LogP contribution in [-0.2, 0) is 9.47 Å². The molecule has 0 heterocycles. The summed E-state index contributed by atoms with van der Waals surface area (Å²) in [7, 11) is 0. The zero-order valence-electron chi connectivity index (χ0n) is 29.1. The molecule has 46 heavy (non-hydrogen) atoms. The summed E-state index contributed by atoms with van der Waals surface area (Å²) in [6.45, 7) is 4.65. The Morgan fingerprint density at radius 2 is 1.17 bits per heavy atom. The lowest BCUT2D eigenvalue weighted by Gasteiger charge is -2.36. The predicted molar refractivity (Wildman–Crippen MR) is 193 cm³/mol. The van der Waals surface area contributed by atoms with E-state index in [4.69, 9.17) is 14.2 Å². The molecule has 2 aromatic rings. The number of hydrogen-bond acceptors (Lipinski definition) is 4. The first-order chi connectivity index (χ1) is 22.6. The van der Waals surface area contributed by atoms with Gasteiger partial charge in [-0.25, -0.2) is 4.79 Å². The van der Waals surface area contributed by atoms with E-state index in [9.17, 15) is 4.79 Å². The lowest BCUT2D eigenvalue weighted by molar-refractivity contribution is -0.244. The van der Waals surface area contributed by atoms with Gasteiger partial charge in [-0.1, -0.05) is 95.9 Å². The predicted octanol–water partition coefficient (Wildman–Crippen LogP) is 12.8. The van der Waals surface area contributed by atoms with Crippen molar-refractivity contribution in [1.29, 1.82) is 0 Å². The zero-order valence-corrected chi connectivity index (χ0v) is 29.1. The molecular weight excluding hydrogens is 568 g/mol. The number of rotatable bonds is 16. The minimum absolute atomic E-state index is 0. The van der Waals surface area contributed by atoms with Crippen molar-refractivity contribution in [1.82, 2.24) is 0 Å². The molecule has 3 aliphatic carbocycles. The number of carbonyl (C=O) groups is 1. The smallest absolute Gasteiger partial charge is 0.340 e. The molecule has 4 nitrogen and oxygen atoms in total. The SMILES string of the molecule is CCCCCC1CCC(c2ccc(OCOC3(OC(=O)c4ccc(C5CCC(CCCCC)CC5)cc4)CCCCC3)cc2)CC1.[HH].[HH]. The summed E-state index contributed by atoms with van der Waals surface area (Å²) in [5, 5.41) is 0. The van der Waals surface area contributed by atoms with Crippen LogP contribution in [0.3, 0.4) is 0 Å². The van der Waals surface area contributed by atoms with E-state index in [-0.39, 0.29) is 15.6 Å². The first-order valence-corrected chi connectivity index (χ1v) is 19.3. The van der Waals surface area contributed by atoms with Crippen molar-refractivity contribution < 1.29 is 21.9 Å². The van der Waals surface area contributed by atoms with Crippen molar-refractivity contribution in [2.45, 2.75) is 166 Å². The van der Waals surface area contributed by atoms with E-state index in [1.807, 2.05) is 12.1 Å². The van der Waals surface area contributed by atoms with Gasteiger partial charge in [-0.05, 0) is 123 Å². The third-order valence-electron chi connectivity index (χ3n) is 11.5. The quantitative estimate of drug-likeness (QED) is 0.105. The standard InChI is InChI=1S/C42H62O4.2H2/c1-3-5-8-12-33-14-18-35(19-15-33)37-22-24-39(25-23-37)41(43)46-42(30-10-7-11-31-42)45-32-44-40-28-26-38(27-29-40)36-20-16-34(17-21-36)13-9-6-4-2;;/h22-29,33-36H,3-21,30-32H2,1-2H3;2*1H. The second kappa shape index (κ2) is 18.3. The van der Waals surface area contributed by atoms with Crippen LogP contribution in [0.4, 0.5) is 0 Å². The molecule has 0 atom stereocenters. The van der Waals surface area contributed by atoms with Crippen molar-refractivity contribution in [3.63, 3.8) is 0 Å². The Labute approximate surface area is 283 Å². The van der Waals surface area contributed by atoms with Crippen LogP contribution in [0.25, 0.3) is 0 Å². The molecule has 258 valence electrons. The summed E-state index contributed by atoms with van der Waals surface area (Å²) in [5.74, 6) is 2.71. The van der Waals surface area contributed by atoms with Gasteiger partial charge in [-0.2, -0.15) is 0 Å². The number of unbranched alkanes of at least 4 members (excludes halogenated alkanes) is 4. The maximum absolute atomic E-state index is 13.3. The molecule has 5 rings (SSSR count). The normalized spacial score (nSPS) is 24.7. The van der Waals surface area contributed by atoms with Crippen LogP contribution in [-0.4, -0.2) is 18.5 Å². The fourth-order valence-corrected chi connectivity index (χ4v) is 8.46. The molecule has 3 saturated carbocycles. The molecule has 4 heteroatoms. The molecule has 0 radical (unpaired) electrons. The average molecular weight is 635 g/mol. The van der Waals surface area contributed by atoms with Crippen molar-refractivity contribution in [3.05, 3.63) is 65.2 Å². The number of esters is 1. The minimum Gasteiger partial charge on any atom is -0.467 e. The first kappa shape index (κ1) is 35.0. The Balaban J connectivity index is 0.00000312. The molecule has 3 aliphatic rings. The van der Waals surface area contributed by atoms with Gasteiger partial charge in [0.15, 0.2) is 6.79 Å². The number of hydrogen-bond donors (Lipinski definition) is 0. The highest BCUT2D eigenvalue weighted by atomic mass is 16.8. The summed E-state index contributed by atoms with van der Waals surface area (Å²) in [6.07, 6.45) is 26.0. The van der Waals surface area contributed by atoms with E-state index >= 15 is 0 Å². The molecule has 0 aromatic heterocycles. The average Bonchev–Trinajstić information content (AvgIpc) is 3.10. The first-order valence-electron chi connectivity index (χ1n) is 19.3. The summed E-state index contributed by atoms with van der Waals surface area (Å²) in [4.78, 5) is 13.3. The second-order valence-corrected chi connectivity index (χ2v) is 14.9. The van der Waals surface area contributed by atoms with Crippen LogP contribution < -0.4 is 4.74 Å². The lowest BCUT2D eigenvalue weighted by Crippen LogP contribution is -2.41. The molecule has 0 spiro atoms. The Hall–Kier alpha value is -2.33. The van der Waals surface area contributed by atoms with Crippen LogP contribution in [0.5, 0.6) is 5.75 Å². The Morgan fingerprint density at radius 3 is 1.67 bits per heavy atom. The minimum atomic E-state index is -0.917. The fourth-order valence-electron chi connectivity index (χ4n) is 8.46. The molecular formula is C42H66O4. The molecule has 3 fully saturated rings. The summed E-state index contributed by atoms with van der Waals surface area (Å²) in [5.41, 5.74) is 3.40. The third kappa shape index (κ3) is 10.3. The number of carbonyl (C=O) groups excluding carboxylic acids is 1. The van der Waals surface area contributed by atoms with E-state index in [0.29, 0.717) is 30.2 Å². The van der Waals surface area contributed by atoms with Gasteiger partial charge >= 0.3 is 5.97 Å². The topological polar surface area (TPSA) is 44.8 Å². The molecule has 0 amide bonds. The Morgan fingerprint density at radius 1 is 0.674 bits per heavy atom. The monoisotopic (exact) mass is 634 g/mol. The van der Waals surface area contributed by atoms with Gasteiger partial charge in [0.05, 0.1) is 5.56 Å². The van der Waals surface area contributed by atoms with Crippen molar-refractivity contribution in [3.8, 4) is 5.75 Å². The summed E-state index contributed by atoms with van der Waals surface area (Å²) in [6, 6.07) is 16.8. The van der Waals surface area contributed by atoms with Crippen molar-refractivity contribution >= 4 is 5.97 Å². The maximum atomic E-state index is 13.3. The van der Waals surface area contributed by atoms with Crippen LogP contribution in [0.2, 0.25) is 0 Å². The summed E-state index contributed by atoms with van der Waals surface area (Å²) < 4.78 is 18.4. The Kier molecular flexibility index (Phi) is 13.9. The lowest BCUT2D eigenvalue weighted by atomic mass is 9.77. The molecule has 0 aliphatic heterocycles. The van der Waals surface area contributed by atoms with Crippen molar-refractivity contribution in [2.75, 3.05) is 6.79 Å². The molecule has 0 N–H and O–H groups in total.